The average Bonchev–Trinajstić information content (AvgIpc) is 3.36. The summed E-state index contributed by atoms with van der Waals surface area (Å²) >= 11 is 2.10. The van der Waals surface area contributed by atoms with E-state index in [9.17, 15) is 4.79 Å². The summed E-state index contributed by atoms with van der Waals surface area (Å²) < 4.78 is 16.5. The van der Waals surface area contributed by atoms with Crippen molar-refractivity contribution in [3.05, 3.63) is 67.8 Å². The summed E-state index contributed by atoms with van der Waals surface area (Å²) in [4.78, 5) is 22.1. The smallest absolute Gasteiger partial charge is 0.278 e. The molecule has 0 radical (unpaired) electrons. The van der Waals surface area contributed by atoms with Gasteiger partial charge in [0.15, 0.2) is 11.5 Å². The Balaban J connectivity index is 1.68. The lowest BCUT2D eigenvalue weighted by atomic mass is 10.2. The Morgan fingerprint density at radius 3 is 2.68 bits per heavy atom. The van der Waals surface area contributed by atoms with Gasteiger partial charge in [-0.3, -0.25) is 9.36 Å². The van der Waals surface area contributed by atoms with Gasteiger partial charge in [0.25, 0.3) is 5.56 Å². The van der Waals surface area contributed by atoms with Crippen molar-refractivity contribution < 1.29 is 9.47 Å². The van der Waals surface area contributed by atoms with Crippen molar-refractivity contribution in [2.45, 2.75) is 20.0 Å². The summed E-state index contributed by atoms with van der Waals surface area (Å²) in [6.07, 6.45) is 3.17. The van der Waals surface area contributed by atoms with Crippen LogP contribution in [-0.2, 0) is 13.1 Å². The molecule has 12 heteroatoms. The third-order valence-corrected chi connectivity index (χ3v) is 6.44. The van der Waals surface area contributed by atoms with Gasteiger partial charge in [0, 0.05) is 17.8 Å². The van der Waals surface area contributed by atoms with Crippen molar-refractivity contribution in [2.75, 3.05) is 20.0 Å². The molecule has 0 saturated heterocycles. The predicted octanol–water partition coefficient (Wildman–Crippen LogP) is 2.24. The van der Waals surface area contributed by atoms with E-state index in [-0.39, 0.29) is 18.6 Å². The van der Waals surface area contributed by atoms with Crippen LogP contribution in [0.15, 0.2) is 41.6 Å². The van der Waals surface area contributed by atoms with Gasteiger partial charge in [0.05, 0.1) is 26.2 Å². The first-order valence-corrected chi connectivity index (χ1v) is 11.4. The quantitative estimate of drug-likeness (QED) is 0.307. The van der Waals surface area contributed by atoms with E-state index in [1.165, 1.54) is 6.33 Å². The van der Waals surface area contributed by atoms with E-state index in [2.05, 4.69) is 37.7 Å². The van der Waals surface area contributed by atoms with Crippen LogP contribution in [0.3, 0.4) is 0 Å². The molecule has 0 unspecified atom stereocenters. The number of nitrogen functional groups attached to an aromatic ring is 1. The van der Waals surface area contributed by atoms with E-state index in [0.29, 0.717) is 43.4 Å². The highest BCUT2D eigenvalue weighted by atomic mass is 127. The van der Waals surface area contributed by atoms with E-state index < -0.39 is 0 Å². The van der Waals surface area contributed by atoms with Crippen molar-refractivity contribution in [3.63, 3.8) is 0 Å². The van der Waals surface area contributed by atoms with Gasteiger partial charge < -0.3 is 15.2 Å². The van der Waals surface area contributed by atoms with Crippen LogP contribution in [0.25, 0.3) is 16.6 Å². The number of anilines is 1. The summed E-state index contributed by atoms with van der Waals surface area (Å²) in [6.45, 7) is 2.35. The van der Waals surface area contributed by atoms with E-state index in [0.717, 1.165) is 11.1 Å². The zero-order chi connectivity index (χ0) is 24.0. The molecule has 0 spiro atoms. The first-order chi connectivity index (χ1) is 16.4. The lowest BCUT2D eigenvalue weighted by Crippen LogP contribution is -2.30. The number of nitrogens with zero attached hydrogens (tertiary/aromatic N) is 7. The fourth-order valence-electron chi connectivity index (χ4n) is 3.95. The summed E-state index contributed by atoms with van der Waals surface area (Å²) in [5.74, 6) is 2.14. The third kappa shape index (κ3) is 3.63. The largest absolute Gasteiger partial charge is 0.497 e. The zero-order valence-corrected chi connectivity index (χ0v) is 20.8. The Labute approximate surface area is 207 Å². The maximum absolute atomic E-state index is 13.6. The van der Waals surface area contributed by atoms with Gasteiger partial charge in [-0.05, 0) is 53.3 Å². The number of ether oxygens (including phenoxy) is 2. The lowest BCUT2D eigenvalue weighted by molar-refractivity contribution is 0.389. The molecule has 2 N–H and O–H groups in total. The van der Waals surface area contributed by atoms with Crippen molar-refractivity contribution >= 4 is 45.0 Å². The molecular formula is C22H21IN8O3. The van der Waals surface area contributed by atoms with Crippen molar-refractivity contribution in [2.24, 2.45) is 0 Å². The summed E-state index contributed by atoms with van der Waals surface area (Å²) in [7, 11) is 3.18. The minimum Gasteiger partial charge on any atom is -0.497 e. The first kappa shape index (κ1) is 22.1. The number of methoxy groups -OCH3 is 2. The maximum atomic E-state index is 13.6. The highest BCUT2D eigenvalue weighted by Gasteiger charge is 2.19. The molecule has 0 amide bonds. The van der Waals surface area contributed by atoms with E-state index in [1.54, 1.807) is 40.2 Å². The normalized spacial score (nSPS) is 11.4. The van der Waals surface area contributed by atoms with Gasteiger partial charge in [-0.25, -0.2) is 19.2 Å². The molecule has 0 aliphatic carbocycles. The third-order valence-electron chi connectivity index (χ3n) is 5.68. The van der Waals surface area contributed by atoms with Gasteiger partial charge in [-0.1, -0.05) is 0 Å². The predicted molar refractivity (Wildman–Crippen MR) is 134 cm³/mol. The number of rotatable bonds is 6. The number of hydrogen-bond donors (Lipinski definition) is 1. The van der Waals surface area contributed by atoms with Crippen LogP contribution < -0.4 is 20.8 Å². The average molecular weight is 572 g/mol. The number of aryl methyl sites for hydroxylation is 1. The topological polar surface area (TPSA) is 127 Å². The molecule has 4 heterocycles. The number of nitrogens with two attached hydrogens (primary N) is 1. The van der Waals surface area contributed by atoms with Crippen LogP contribution >= 0.6 is 22.6 Å². The zero-order valence-electron chi connectivity index (χ0n) is 18.7. The lowest BCUT2D eigenvalue weighted by Gasteiger charge is -2.16. The van der Waals surface area contributed by atoms with Crippen LogP contribution in [0.1, 0.15) is 17.0 Å². The van der Waals surface area contributed by atoms with Crippen LogP contribution in [0.4, 0.5) is 5.82 Å². The second kappa shape index (κ2) is 8.59. The summed E-state index contributed by atoms with van der Waals surface area (Å²) in [5.41, 5.74) is 8.63. The molecule has 0 fully saturated rings. The Hall–Kier alpha value is -3.68. The number of aromatic nitrogens is 7. The molecule has 0 aliphatic rings. The molecule has 174 valence electrons. The highest BCUT2D eigenvalue weighted by Crippen LogP contribution is 2.26. The minimum absolute atomic E-state index is 0.161. The van der Waals surface area contributed by atoms with E-state index in [1.807, 2.05) is 25.1 Å². The van der Waals surface area contributed by atoms with Crippen LogP contribution in [0.2, 0.25) is 0 Å². The molecule has 1 aromatic carbocycles. The van der Waals surface area contributed by atoms with Gasteiger partial charge in [-0.2, -0.15) is 10.2 Å². The SMILES string of the molecule is COc1ccc(Cn2c(Cn3nc(I)c4c(N)ncnc43)nn3ccc(C)c3c2=O)c(OC)c1. The number of hydrogen-bond acceptors (Lipinski definition) is 8. The number of fused-ring (bicyclic) bond motifs is 2. The molecule has 5 aromatic rings. The Morgan fingerprint density at radius 2 is 1.91 bits per heavy atom. The Bertz CT molecular complexity index is 1600. The van der Waals surface area contributed by atoms with Gasteiger partial charge >= 0.3 is 0 Å². The standard InChI is InChI=1S/C22H21IN8O3/c1-12-6-7-30-18(12)22(32)29(9-13-4-5-14(33-2)8-15(13)34-3)16(27-30)10-31-21-17(19(23)28-31)20(24)25-11-26-21/h4-8,11H,9-10H2,1-3H3,(H2,24,25,26). The minimum atomic E-state index is -0.161. The molecule has 5 rings (SSSR count). The second-order valence-electron chi connectivity index (χ2n) is 7.68. The number of halogens is 1. The molecule has 0 atom stereocenters. The summed E-state index contributed by atoms with van der Waals surface area (Å²) in [5, 5.41) is 10.0. The molecular weight excluding hydrogens is 551 g/mol. The van der Waals surface area contributed by atoms with Crippen LogP contribution in [0.5, 0.6) is 11.5 Å². The van der Waals surface area contributed by atoms with Crippen molar-refractivity contribution in [1.82, 2.24) is 33.9 Å². The van der Waals surface area contributed by atoms with E-state index >= 15 is 0 Å². The van der Waals surface area contributed by atoms with Gasteiger partial charge in [0.2, 0.25) is 0 Å². The fourth-order valence-corrected chi connectivity index (χ4v) is 4.73. The first-order valence-electron chi connectivity index (χ1n) is 10.3. The molecule has 34 heavy (non-hydrogen) atoms. The molecule has 11 nitrogen and oxygen atoms in total. The van der Waals surface area contributed by atoms with Gasteiger partial charge in [-0.15, -0.1) is 0 Å². The van der Waals surface area contributed by atoms with E-state index in [4.69, 9.17) is 20.3 Å². The molecule has 4 aromatic heterocycles. The van der Waals surface area contributed by atoms with Gasteiger partial charge in [0.1, 0.15) is 39.4 Å². The maximum Gasteiger partial charge on any atom is 0.278 e. The van der Waals surface area contributed by atoms with Crippen LogP contribution in [-0.4, -0.2) is 48.1 Å². The second-order valence-corrected chi connectivity index (χ2v) is 8.71. The molecule has 0 saturated carbocycles. The fraction of sp³-hybridized carbons (Fsp3) is 0.227. The molecule has 0 bridgehead atoms. The van der Waals surface area contributed by atoms with Crippen molar-refractivity contribution in [3.8, 4) is 11.5 Å². The monoisotopic (exact) mass is 572 g/mol. The Morgan fingerprint density at radius 1 is 1.09 bits per heavy atom. The Kier molecular flexibility index (Phi) is 5.59. The molecule has 0 aliphatic heterocycles. The van der Waals surface area contributed by atoms with Crippen LogP contribution in [0, 0.1) is 10.6 Å². The van der Waals surface area contributed by atoms with Crippen molar-refractivity contribution in [1.29, 1.82) is 0 Å². The highest BCUT2D eigenvalue weighted by molar-refractivity contribution is 14.1. The summed E-state index contributed by atoms with van der Waals surface area (Å²) in [6, 6.07) is 7.37. The number of benzene rings is 1.